The first-order chi connectivity index (χ1) is 16.0. The average molecular weight is 445 g/mol. The third-order valence-electron chi connectivity index (χ3n) is 5.94. The molecule has 2 aromatic carbocycles. The van der Waals surface area contributed by atoms with Crippen LogP contribution in [0.1, 0.15) is 28.3 Å². The summed E-state index contributed by atoms with van der Waals surface area (Å²) in [6.07, 6.45) is 4.48. The minimum Gasteiger partial charge on any atom is -0.495 e. The first kappa shape index (κ1) is 22.5. The lowest BCUT2D eigenvalue weighted by Gasteiger charge is -2.35. The number of pyridine rings is 1. The molecular formula is C26H28N4O3. The second kappa shape index (κ2) is 10.3. The Balaban J connectivity index is 1.46. The fourth-order valence-electron chi connectivity index (χ4n) is 4.18. The van der Waals surface area contributed by atoms with Crippen molar-refractivity contribution in [3.05, 3.63) is 89.2 Å². The molecule has 3 aromatic rings. The van der Waals surface area contributed by atoms with Crippen molar-refractivity contribution in [1.29, 1.82) is 0 Å². The van der Waals surface area contributed by atoms with E-state index in [9.17, 15) is 9.59 Å². The van der Waals surface area contributed by atoms with Gasteiger partial charge in [-0.3, -0.25) is 19.5 Å². The van der Waals surface area contributed by atoms with E-state index in [1.54, 1.807) is 18.3 Å². The number of hydrogen-bond acceptors (Lipinski definition) is 5. The predicted octanol–water partition coefficient (Wildman–Crippen LogP) is 3.25. The van der Waals surface area contributed by atoms with E-state index >= 15 is 0 Å². The quantitative estimate of drug-likeness (QED) is 0.571. The summed E-state index contributed by atoms with van der Waals surface area (Å²) in [7, 11) is 1.52. The third kappa shape index (κ3) is 5.38. The number of anilines is 1. The van der Waals surface area contributed by atoms with Gasteiger partial charge in [0, 0.05) is 32.0 Å². The molecule has 0 aliphatic carbocycles. The lowest BCUT2D eigenvalue weighted by molar-refractivity contribution is -0.136. The van der Waals surface area contributed by atoms with E-state index < -0.39 is 11.8 Å². The van der Waals surface area contributed by atoms with E-state index in [0.717, 1.165) is 30.6 Å². The van der Waals surface area contributed by atoms with E-state index in [-0.39, 0.29) is 6.04 Å². The van der Waals surface area contributed by atoms with Gasteiger partial charge in [0.05, 0.1) is 18.8 Å². The number of methoxy groups -OCH3 is 1. The molecule has 2 amide bonds. The molecule has 1 aromatic heterocycles. The zero-order valence-corrected chi connectivity index (χ0v) is 18.9. The normalized spacial score (nSPS) is 14.1. The molecule has 170 valence electrons. The number of benzene rings is 2. The maximum absolute atomic E-state index is 12.7. The lowest BCUT2D eigenvalue weighted by atomic mass is 9.97. The maximum atomic E-state index is 12.7. The molecule has 2 heterocycles. The van der Waals surface area contributed by atoms with Crippen LogP contribution in [0.25, 0.3) is 0 Å². The van der Waals surface area contributed by atoms with Gasteiger partial charge in [-0.05, 0) is 53.8 Å². The Morgan fingerprint density at radius 1 is 1.09 bits per heavy atom. The molecule has 2 N–H and O–H groups in total. The van der Waals surface area contributed by atoms with E-state index in [2.05, 4.69) is 38.7 Å². The van der Waals surface area contributed by atoms with Crippen LogP contribution in [-0.4, -0.2) is 41.9 Å². The lowest BCUT2D eigenvalue weighted by Crippen LogP contribution is -2.43. The van der Waals surface area contributed by atoms with Crippen LogP contribution in [0.15, 0.2) is 67.0 Å². The Bertz CT molecular complexity index is 1130. The zero-order valence-electron chi connectivity index (χ0n) is 18.9. The van der Waals surface area contributed by atoms with Crippen LogP contribution in [0.3, 0.4) is 0 Å². The number of nitrogens with one attached hydrogen (secondary N) is 2. The summed E-state index contributed by atoms with van der Waals surface area (Å²) in [5.41, 5.74) is 5.06. The molecule has 7 heteroatoms. The van der Waals surface area contributed by atoms with E-state index in [1.165, 1.54) is 18.2 Å². The molecular weight excluding hydrogens is 416 g/mol. The Morgan fingerprint density at radius 3 is 2.67 bits per heavy atom. The smallest absolute Gasteiger partial charge is 0.313 e. The second-order valence-electron chi connectivity index (χ2n) is 8.16. The Hall–Kier alpha value is -3.71. The molecule has 1 atom stereocenters. The van der Waals surface area contributed by atoms with Gasteiger partial charge in [-0.25, -0.2) is 0 Å². The number of amides is 2. The molecule has 1 aliphatic heterocycles. The first-order valence-electron chi connectivity index (χ1n) is 11.0. The van der Waals surface area contributed by atoms with Crippen LogP contribution in [-0.2, 0) is 22.6 Å². The van der Waals surface area contributed by atoms with Crippen molar-refractivity contribution in [2.75, 3.05) is 25.5 Å². The third-order valence-corrected chi connectivity index (χ3v) is 5.94. The number of nitrogens with zero attached hydrogens (tertiary/aromatic N) is 2. The monoisotopic (exact) mass is 444 g/mol. The maximum Gasteiger partial charge on any atom is 0.313 e. The second-order valence-corrected chi connectivity index (χ2v) is 8.16. The molecule has 33 heavy (non-hydrogen) atoms. The largest absolute Gasteiger partial charge is 0.495 e. The number of hydrogen-bond donors (Lipinski definition) is 2. The number of aryl methyl sites for hydroxylation is 1. The van der Waals surface area contributed by atoms with E-state index in [4.69, 9.17) is 4.74 Å². The summed E-state index contributed by atoms with van der Waals surface area (Å²) >= 11 is 0. The van der Waals surface area contributed by atoms with Gasteiger partial charge >= 0.3 is 11.8 Å². The Labute approximate surface area is 193 Å². The summed E-state index contributed by atoms with van der Waals surface area (Å²) in [4.78, 5) is 31.8. The average Bonchev–Trinajstić information content (AvgIpc) is 2.84. The van der Waals surface area contributed by atoms with Crippen molar-refractivity contribution >= 4 is 17.5 Å². The highest BCUT2D eigenvalue weighted by Crippen LogP contribution is 2.28. The molecule has 0 saturated heterocycles. The minimum atomic E-state index is -0.729. The summed E-state index contributed by atoms with van der Waals surface area (Å²) < 4.78 is 5.28. The van der Waals surface area contributed by atoms with Crippen molar-refractivity contribution in [3.8, 4) is 5.75 Å². The van der Waals surface area contributed by atoms with Gasteiger partial charge in [0.15, 0.2) is 0 Å². The first-order valence-corrected chi connectivity index (χ1v) is 11.0. The van der Waals surface area contributed by atoms with Crippen LogP contribution >= 0.6 is 0 Å². The van der Waals surface area contributed by atoms with Gasteiger partial charge in [-0.15, -0.1) is 0 Å². The fourth-order valence-corrected chi connectivity index (χ4v) is 4.18. The van der Waals surface area contributed by atoms with Crippen LogP contribution in [0.5, 0.6) is 5.75 Å². The summed E-state index contributed by atoms with van der Waals surface area (Å²) in [6.45, 7) is 3.84. The van der Waals surface area contributed by atoms with Crippen molar-refractivity contribution in [2.24, 2.45) is 0 Å². The molecule has 0 bridgehead atoms. The zero-order chi connectivity index (χ0) is 23.2. The van der Waals surface area contributed by atoms with Crippen molar-refractivity contribution in [3.63, 3.8) is 0 Å². The van der Waals surface area contributed by atoms with Gasteiger partial charge in [-0.2, -0.15) is 0 Å². The van der Waals surface area contributed by atoms with Crippen molar-refractivity contribution in [2.45, 2.75) is 25.9 Å². The van der Waals surface area contributed by atoms with Gasteiger partial charge in [0.1, 0.15) is 5.75 Å². The highest BCUT2D eigenvalue weighted by Gasteiger charge is 2.26. The number of aromatic nitrogens is 1. The van der Waals surface area contributed by atoms with Gasteiger partial charge in [0.2, 0.25) is 0 Å². The highest BCUT2D eigenvalue weighted by molar-refractivity contribution is 6.39. The van der Waals surface area contributed by atoms with Crippen molar-refractivity contribution in [1.82, 2.24) is 15.2 Å². The predicted molar refractivity (Wildman–Crippen MR) is 127 cm³/mol. The van der Waals surface area contributed by atoms with E-state index in [1.807, 2.05) is 37.4 Å². The summed E-state index contributed by atoms with van der Waals surface area (Å²) in [5.74, 6) is -0.917. The summed E-state index contributed by atoms with van der Waals surface area (Å²) in [6, 6.07) is 17.6. The van der Waals surface area contributed by atoms with Crippen LogP contribution in [0.2, 0.25) is 0 Å². The summed E-state index contributed by atoms with van der Waals surface area (Å²) in [5, 5.41) is 5.47. The van der Waals surface area contributed by atoms with Crippen LogP contribution in [0, 0.1) is 6.92 Å². The SMILES string of the molecule is COc1ccc(C)cc1NC(=O)C(=O)NCC(c1cccnc1)N1CCc2ccccc2C1. The Morgan fingerprint density at radius 2 is 1.91 bits per heavy atom. The number of fused-ring (bicyclic) bond motifs is 1. The Kier molecular flexibility index (Phi) is 7.00. The minimum absolute atomic E-state index is 0.0997. The fraction of sp³-hybridized carbons (Fsp3) is 0.269. The molecule has 1 unspecified atom stereocenters. The van der Waals surface area contributed by atoms with Gasteiger partial charge in [-0.1, -0.05) is 36.4 Å². The van der Waals surface area contributed by atoms with Gasteiger partial charge in [0.25, 0.3) is 0 Å². The number of rotatable bonds is 6. The van der Waals surface area contributed by atoms with Crippen LogP contribution < -0.4 is 15.4 Å². The molecule has 7 nitrogen and oxygen atoms in total. The molecule has 0 fully saturated rings. The standard InChI is InChI=1S/C26H28N4O3/c1-18-9-10-24(33-2)22(14-18)29-26(32)25(31)28-16-23(20-8-5-12-27-15-20)30-13-11-19-6-3-4-7-21(19)17-30/h3-10,12,14-15,23H,11,13,16-17H2,1-2H3,(H,28,31)(H,29,32). The number of carbonyl (C=O) groups is 2. The molecule has 0 saturated carbocycles. The topological polar surface area (TPSA) is 83.6 Å². The molecule has 0 spiro atoms. The molecule has 0 radical (unpaired) electrons. The highest BCUT2D eigenvalue weighted by atomic mass is 16.5. The van der Waals surface area contributed by atoms with E-state index in [0.29, 0.717) is 18.0 Å². The molecule has 1 aliphatic rings. The van der Waals surface area contributed by atoms with Crippen molar-refractivity contribution < 1.29 is 14.3 Å². The number of carbonyl (C=O) groups excluding carboxylic acids is 2. The number of ether oxygens (including phenoxy) is 1. The molecule has 4 rings (SSSR count). The van der Waals surface area contributed by atoms with Crippen LogP contribution in [0.4, 0.5) is 5.69 Å². The van der Waals surface area contributed by atoms with Gasteiger partial charge < -0.3 is 15.4 Å².